The summed E-state index contributed by atoms with van der Waals surface area (Å²) in [4.78, 5) is 37.0. The van der Waals surface area contributed by atoms with E-state index in [9.17, 15) is 24.6 Å². The van der Waals surface area contributed by atoms with Gasteiger partial charge < -0.3 is 15.5 Å². The maximum atomic E-state index is 12.3. The molecule has 126 valence electrons. The van der Waals surface area contributed by atoms with Crippen LogP contribution >= 0.6 is 23.4 Å². The van der Waals surface area contributed by atoms with E-state index < -0.39 is 35.8 Å². The number of β-lactam (4-membered cyclic amide) rings is 1. The molecular formula is C15H13ClN2O5S. The molecule has 2 atom stereocenters. The number of carboxylic acids is 1. The van der Waals surface area contributed by atoms with Gasteiger partial charge in [-0.2, -0.15) is 0 Å². The number of aliphatic hydroxyl groups excluding tert-OH is 1. The van der Waals surface area contributed by atoms with Gasteiger partial charge in [-0.15, -0.1) is 11.8 Å². The Balaban J connectivity index is 1.76. The van der Waals surface area contributed by atoms with Crippen molar-refractivity contribution in [3.05, 3.63) is 46.1 Å². The molecule has 0 bridgehead atoms. The zero-order valence-corrected chi connectivity index (χ0v) is 13.8. The van der Waals surface area contributed by atoms with Crippen LogP contribution in [0.1, 0.15) is 10.4 Å². The fraction of sp³-hybridized carbons (Fsp3) is 0.267. The molecular weight excluding hydrogens is 356 g/mol. The lowest BCUT2D eigenvalue weighted by atomic mass is 10.0. The molecule has 0 unspecified atom stereocenters. The summed E-state index contributed by atoms with van der Waals surface area (Å²) in [6.07, 6.45) is 0. The van der Waals surface area contributed by atoms with E-state index in [0.717, 1.165) is 4.90 Å². The van der Waals surface area contributed by atoms with E-state index in [1.807, 2.05) is 0 Å². The number of nitrogens with zero attached hydrogens (tertiary/aromatic N) is 1. The molecule has 7 nitrogen and oxygen atoms in total. The lowest BCUT2D eigenvalue weighted by Gasteiger charge is -2.49. The predicted octanol–water partition coefficient (Wildman–Crippen LogP) is 0.684. The molecule has 2 amide bonds. The number of fused-ring (bicyclic) bond motifs is 1. The van der Waals surface area contributed by atoms with Gasteiger partial charge in [-0.25, -0.2) is 4.79 Å². The minimum atomic E-state index is -1.26. The van der Waals surface area contributed by atoms with Crippen molar-refractivity contribution in [3.63, 3.8) is 0 Å². The summed E-state index contributed by atoms with van der Waals surface area (Å²) in [7, 11) is 0. The van der Waals surface area contributed by atoms with Crippen molar-refractivity contribution in [1.82, 2.24) is 10.2 Å². The third-order valence-electron chi connectivity index (χ3n) is 3.83. The summed E-state index contributed by atoms with van der Waals surface area (Å²) < 4.78 is 0. The molecule has 0 radical (unpaired) electrons. The number of amides is 2. The van der Waals surface area contributed by atoms with Crippen LogP contribution in [-0.4, -0.2) is 56.7 Å². The second-order valence-electron chi connectivity index (χ2n) is 5.28. The van der Waals surface area contributed by atoms with Crippen LogP contribution in [0, 0.1) is 0 Å². The Morgan fingerprint density at radius 1 is 1.33 bits per heavy atom. The zero-order valence-electron chi connectivity index (χ0n) is 12.2. The van der Waals surface area contributed by atoms with Crippen molar-refractivity contribution >= 4 is 41.1 Å². The van der Waals surface area contributed by atoms with Crippen molar-refractivity contribution in [2.75, 3.05) is 12.4 Å². The molecule has 1 aromatic rings. The third-order valence-corrected chi connectivity index (χ3v) is 5.43. The van der Waals surface area contributed by atoms with Crippen molar-refractivity contribution in [3.8, 4) is 0 Å². The number of rotatable bonds is 4. The topological polar surface area (TPSA) is 107 Å². The maximum absolute atomic E-state index is 12.3. The first-order valence-electron chi connectivity index (χ1n) is 7.01. The number of carbonyl (C=O) groups excluding carboxylic acids is 2. The molecule has 0 aromatic heterocycles. The Labute approximate surface area is 146 Å². The standard InChI is InChI=1S/C15H13ClN2O5S/c16-9-3-1-7(2-4-9)12(20)17-10-13(21)18-11(15(22)23)8(5-19)6-24-14(10)18/h1-4,10,14,19H,5-6H2,(H,17,20)(H,22,23)/t10-,14-/m0/s1. The minimum Gasteiger partial charge on any atom is -0.477 e. The van der Waals surface area contributed by atoms with Crippen LogP contribution in [0.2, 0.25) is 5.02 Å². The molecule has 3 rings (SSSR count). The Hall–Kier alpha value is -2.03. The Kier molecular flexibility index (Phi) is 4.53. The fourth-order valence-electron chi connectivity index (χ4n) is 2.63. The van der Waals surface area contributed by atoms with E-state index in [1.54, 1.807) is 24.3 Å². The smallest absolute Gasteiger partial charge is 0.352 e. The number of aliphatic hydroxyl groups is 1. The van der Waals surface area contributed by atoms with Gasteiger partial charge in [0.2, 0.25) is 0 Å². The van der Waals surface area contributed by atoms with Gasteiger partial charge in [0.05, 0.1) is 6.61 Å². The molecule has 3 N–H and O–H groups in total. The van der Waals surface area contributed by atoms with Gasteiger partial charge in [0.1, 0.15) is 17.1 Å². The minimum absolute atomic E-state index is 0.191. The molecule has 0 aliphatic carbocycles. The molecule has 1 saturated heterocycles. The summed E-state index contributed by atoms with van der Waals surface area (Å²) in [6, 6.07) is 5.42. The largest absolute Gasteiger partial charge is 0.477 e. The van der Waals surface area contributed by atoms with Gasteiger partial charge in [-0.3, -0.25) is 14.5 Å². The van der Waals surface area contributed by atoms with Gasteiger partial charge >= 0.3 is 5.97 Å². The van der Waals surface area contributed by atoms with Crippen LogP contribution < -0.4 is 5.32 Å². The van der Waals surface area contributed by atoms with Gasteiger partial charge in [0, 0.05) is 16.3 Å². The molecule has 9 heteroatoms. The second-order valence-corrected chi connectivity index (χ2v) is 6.82. The van der Waals surface area contributed by atoms with Crippen LogP contribution in [0.3, 0.4) is 0 Å². The van der Waals surface area contributed by atoms with Crippen molar-refractivity contribution in [1.29, 1.82) is 0 Å². The molecule has 0 saturated carbocycles. The lowest BCUT2D eigenvalue weighted by Crippen LogP contribution is -2.70. The Morgan fingerprint density at radius 3 is 2.58 bits per heavy atom. The van der Waals surface area contributed by atoms with Gasteiger partial charge in [0.15, 0.2) is 0 Å². The first-order valence-corrected chi connectivity index (χ1v) is 8.44. The van der Waals surface area contributed by atoms with E-state index in [1.165, 1.54) is 11.8 Å². The van der Waals surface area contributed by atoms with Crippen LogP contribution in [0.5, 0.6) is 0 Å². The van der Waals surface area contributed by atoms with Crippen molar-refractivity contribution in [2.45, 2.75) is 11.4 Å². The fourth-order valence-corrected chi connectivity index (χ4v) is 4.09. The number of carbonyl (C=O) groups is 3. The molecule has 0 spiro atoms. The first-order chi connectivity index (χ1) is 11.4. The second kappa shape index (κ2) is 6.46. The molecule has 2 heterocycles. The highest BCUT2D eigenvalue weighted by Gasteiger charge is 2.54. The number of hydrogen-bond acceptors (Lipinski definition) is 5. The van der Waals surface area contributed by atoms with Crippen LogP contribution in [0.25, 0.3) is 0 Å². The summed E-state index contributed by atoms with van der Waals surface area (Å²) in [6.45, 7) is -0.424. The molecule has 2 aliphatic heterocycles. The summed E-state index contributed by atoms with van der Waals surface area (Å²) in [5.74, 6) is -1.91. The number of hydrogen-bond donors (Lipinski definition) is 3. The molecule has 24 heavy (non-hydrogen) atoms. The van der Waals surface area contributed by atoms with E-state index >= 15 is 0 Å². The lowest BCUT2D eigenvalue weighted by molar-refractivity contribution is -0.148. The maximum Gasteiger partial charge on any atom is 0.352 e. The number of thioether (sulfide) groups is 1. The predicted molar refractivity (Wildman–Crippen MR) is 87.5 cm³/mol. The quantitative estimate of drug-likeness (QED) is 0.675. The van der Waals surface area contributed by atoms with Crippen LogP contribution in [-0.2, 0) is 9.59 Å². The third kappa shape index (κ3) is 2.77. The number of halogens is 1. The van der Waals surface area contributed by atoms with Gasteiger partial charge in [-0.1, -0.05) is 11.6 Å². The van der Waals surface area contributed by atoms with E-state index in [2.05, 4.69) is 5.32 Å². The zero-order chi connectivity index (χ0) is 17.4. The van der Waals surface area contributed by atoms with E-state index in [-0.39, 0.29) is 5.70 Å². The van der Waals surface area contributed by atoms with Crippen LogP contribution in [0.15, 0.2) is 35.5 Å². The number of carboxylic acid groups (broad SMARTS) is 1. The van der Waals surface area contributed by atoms with E-state index in [4.69, 9.17) is 11.6 Å². The Bertz CT molecular complexity index is 749. The summed E-state index contributed by atoms with van der Waals surface area (Å²) in [5.41, 5.74) is 0.458. The van der Waals surface area contributed by atoms with Gasteiger partial charge in [0.25, 0.3) is 11.8 Å². The highest BCUT2D eigenvalue weighted by molar-refractivity contribution is 8.00. The van der Waals surface area contributed by atoms with Crippen molar-refractivity contribution in [2.24, 2.45) is 0 Å². The van der Waals surface area contributed by atoms with E-state index in [0.29, 0.717) is 21.9 Å². The summed E-state index contributed by atoms with van der Waals surface area (Å²) >= 11 is 7.08. The van der Waals surface area contributed by atoms with Crippen molar-refractivity contribution < 1.29 is 24.6 Å². The highest BCUT2D eigenvalue weighted by Crippen LogP contribution is 2.40. The van der Waals surface area contributed by atoms with Crippen LogP contribution in [0.4, 0.5) is 0 Å². The highest BCUT2D eigenvalue weighted by atomic mass is 35.5. The number of aliphatic carboxylic acids is 1. The molecule has 1 aromatic carbocycles. The van der Waals surface area contributed by atoms with Gasteiger partial charge in [-0.05, 0) is 29.8 Å². The SMILES string of the molecule is O=C(O)C1=C(CO)CS[C@H]2[C@@H](NC(=O)c3ccc(Cl)cc3)C(=O)N12. The average molecular weight is 369 g/mol. The monoisotopic (exact) mass is 368 g/mol. The molecule has 2 aliphatic rings. The number of benzene rings is 1. The summed E-state index contributed by atoms with van der Waals surface area (Å²) in [5, 5.41) is 21.2. The molecule has 1 fully saturated rings. The first kappa shape index (κ1) is 16.8. The Morgan fingerprint density at radius 2 is 2.00 bits per heavy atom. The average Bonchev–Trinajstić information content (AvgIpc) is 2.58. The number of nitrogens with one attached hydrogen (secondary N) is 1. The normalized spacial score (nSPS) is 22.8.